The molecule has 2 unspecified atom stereocenters. The molecule has 0 aromatic carbocycles. The lowest BCUT2D eigenvalue weighted by molar-refractivity contribution is 0.482. The van der Waals surface area contributed by atoms with E-state index in [0.29, 0.717) is 29.8 Å². The van der Waals surface area contributed by atoms with Crippen molar-refractivity contribution in [2.75, 3.05) is 28.7 Å². The van der Waals surface area contributed by atoms with E-state index >= 15 is 0 Å². The van der Waals surface area contributed by atoms with Crippen LogP contribution in [0.4, 0.5) is 17.8 Å². The summed E-state index contributed by atoms with van der Waals surface area (Å²) in [4.78, 5) is 15.1. The predicted octanol–water partition coefficient (Wildman–Crippen LogP) is 2.24. The van der Waals surface area contributed by atoms with Crippen molar-refractivity contribution < 1.29 is 0 Å². The van der Waals surface area contributed by atoms with Gasteiger partial charge in [0.25, 0.3) is 0 Å². The number of nitrogens with two attached hydrogens (primary N) is 1. The summed E-state index contributed by atoms with van der Waals surface area (Å²) in [6, 6.07) is 0.303. The molecule has 1 aromatic rings. The molecule has 1 aromatic heterocycles. The van der Waals surface area contributed by atoms with Gasteiger partial charge in [0.15, 0.2) is 0 Å². The molecule has 0 amide bonds. The van der Waals surface area contributed by atoms with Crippen molar-refractivity contribution in [3.05, 3.63) is 0 Å². The summed E-state index contributed by atoms with van der Waals surface area (Å²) in [5.74, 6) is 7.71. The summed E-state index contributed by atoms with van der Waals surface area (Å²) in [7, 11) is 0. The third-order valence-electron chi connectivity index (χ3n) is 3.63. The van der Waals surface area contributed by atoms with E-state index < -0.39 is 0 Å². The highest BCUT2D eigenvalue weighted by molar-refractivity contribution is 5.43. The molecule has 7 heteroatoms. The van der Waals surface area contributed by atoms with Crippen molar-refractivity contribution >= 4 is 17.8 Å². The van der Waals surface area contributed by atoms with Crippen LogP contribution in [-0.4, -0.2) is 34.1 Å². The number of hydrogen-bond acceptors (Lipinski definition) is 7. The zero-order valence-corrected chi connectivity index (χ0v) is 13.8. The third-order valence-corrected chi connectivity index (χ3v) is 3.63. The molecule has 0 saturated heterocycles. The van der Waals surface area contributed by atoms with Crippen LogP contribution in [-0.2, 0) is 0 Å². The summed E-state index contributed by atoms with van der Waals surface area (Å²) >= 11 is 0. The van der Waals surface area contributed by atoms with Gasteiger partial charge in [-0.15, -0.1) is 0 Å². The Morgan fingerprint density at radius 3 is 2.19 bits per heavy atom. The van der Waals surface area contributed by atoms with Crippen molar-refractivity contribution in [3.63, 3.8) is 0 Å². The topological polar surface area (TPSA) is 92.0 Å². The van der Waals surface area contributed by atoms with E-state index in [1.807, 2.05) is 0 Å². The summed E-state index contributed by atoms with van der Waals surface area (Å²) in [5.41, 5.74) is 2.51. The molecule has 0 saturated carbocycles. The normalized spacial score (nSPS) is 13.6. The number of nitrogens with one attached hydrogen (secondary N) is 2. The van der Waals surface area contributed by atoms with E-state index in [4.69, 9.17) is 5.84 Å². The van der Waals surface area contributed by atoms with Gasteiger partial charge in [-0.05, 0) is 33.1 Å². The van der Waals surface area contributed by atoms with E-state index in [9.17, 15) is 0 Å². The van der Waals surface area contributed by atoms with Gasteiger partial charge in [0, 0.05) is 19.1 Å². The molecule has 0 fully saturated rings. The second-order valence-electron chi connectivity index (χ2n) is 5.39. The molecule has 0 aliphatic heterocycles. The Kier molecular flexibility index (Phi) is 7.14. The molecule has 1 rings (SSSR count). The fourth-order valence-electron chi connectivity index (χ4n) is 2.19. The number of aromatic nitrogens is 3. The first-order chi connectivity index (χ1) is 10.0. The van der Waals surface area contributed by atoms with Crippen LogP contribution in [0.5, 0.6) is 0 Å². The van der Waals surface area contributed by atoms with Crippen molar-refractivity contribution in [2.45, 2.75) is 53.5 Å². The van der Waals surface area contributed by atoms with Gasteiger partial charge in [0.2, 0.25) is 17.8 Å². The summed E-state index contributed by atoms with van der Waals surface area (Å²) in [5, 5.41) is 3.34. The van der Waals surface area contributed by atoms with Crippen LogP contribution in [0.25, 0.3) is 0 Å². The first-order valence-electron chi connectivity index (χ1n) is 7.78. The van der Waals surface area contributed by atoms with Crippen molar-refractivity contribution in [1.29, 1.82) is 0 Å². The van der Waals surface area contributed by atoms with E-state index in [0.717, 1.165) is 19.5 Å². The van der Waals surface area contributed by atoms with Gasteiger partial charge in [0.05, 0.1) is 0 Å². The van der Waals surface area contributed by atoms with Gasteiger partial charge in [-0.25, -0.2) is 5.84 Å². The van der Waals surface area contributed by atoms with Crippen LogP contribution < -0.4 is 21.5 Å². The maximum Gasteiger partial charge on any atom is 0.243 e. The molecule has 7 nitrogen and oxygen atoms in total. The Morgan fingerprint density at radius 2 is 1.67 bits per heavy atom. The average molecular weight is 295 g/mol. The van der Waals surface area contributed by atoms with Crippen molar-refractivity contribution in [3.8, 4) is 0 Å². The van der Waals surface area contributed by atoms with E-state index in [-0.39, 0.29) is 0 Å². The Balaban J connectivity index is 2.88. The Labute approximate surface area is 127 Å². The van der Waals surface area contributed by atoms with Gasteiger partial charge in [-0.2, -0.15) is 15.0 Å². The number of hydrazine groups is 1. The molecule has 0 aliphatic carbocycles. The first-order valence-corrected chi connectivity index (χ1v) is 7.78. The fourth-order valence-corrected chi connectivity index (χ4v) is 2.19. The first kappa shape index (κ1) is 17.4. The smallest absolute Gasteiger partial charge is 0.243 e. The summed E-state index contributed by atoms with van der Waals surface area (Å²) < 4.78 is 0. The standard InChI is InChI=1S/C14H29N7/c1-6-10(4)9-11(5)16-12-17-13(20-15)19-14(18-12)21(7-2)8-3/h10-11H,6-9,15H2,1-5H3,(H2,16,17,18,19,20). The minimum absolute atomic E-state index is 0.303. The second-order valence-corrected chi connectivity index (χ2v) is 5.39. The van der Waals surface area contributed by atoms with Gasteiger partial charge in [-0.3, -0.25) is 5.43 Å². The molecule has 4 N–H and O–H groups in total. The lowest BCUT2D eigenvalue weighted by Gasteiger charge is -2.21. The molecule has 1 heterocycles. The van der Waals surface area contributed by atoms with Crippen LogP contribution in [0.15, 0.2) is 0 Å². The van der Waals surface area contributed by atoms with Crippen molar-refractivity contribution in [2.24, 2.45) is 11.8 Å². The molecular formula is C14H29N7. The molecule has 0 spiro atoms. The average Bonchev–Trinajstić information content (AvgIpc) is 2.47. The fraction of sp³-hybridized carbons (Fsp3) is 0.786. The van der Waals surface area contributed by atoms with Crippen molar-refractivity contribution in [1.82, 2.24) is 15.0 Å². The van der Waals surface area contributed by atoms with E-state index in [2.05, 4.69) is 65.2 Å². The van der Waals surface area contributed by atoms with E-state index in [1.165, 1.54) is 6.42 Å². The largest absolute Gasteiger partial charge is 0.352 e. The summed E-state index contributed by atoms with van der Waals surface area (Å²) in [6.07, 6.45) is 2.25. The highest BCUT2D eigenvalue weighted by Gasteiger charge is 2.13. The Bertz CT molecular complexity index is 420. The zero-order valence-electron chi connectivity index (χ0n) is 13.8. The molecular weight excluding hydrogens is 266 g/mol. The van der Waals surface area contributed by atoms with Crippen LogP contribution in [0, 0.1) is 5.92 Å². The molecule has 21 heavy (non-hydrogen) atoms. The number of rotatable bonds is 9. The molecule has 0 aliphatic rings. The number of nitrogen functional groups attached to an aromatic ring is 1. The van der Waals surface area contributed by atoms with Crippen LogP contribution >= 0.6 is 0 Å². The predicted molar refractivity (Wildman–Crippen MR) is 88.4 cm³/mol. The number of hydrogen-bond donors (Lipinski definition) is 3. The zero-order chi connectivity index (χ0) is 15.8. The molecule has 2 atom stereocenters. The molecule has 120 valence electrons. The summed E-state index contributed by atoms with van der Waals surface area (Å²) in [6.45, 7) is 12.4. The second kappa shape index (κ2) is 8.61. The Hall–Kier alpha value is -1.63. The van der Waals surface area contributed by atoms with Gasteiger partial charge >= 0.3 is 0 Å². The quantitative estimate of drug-likeness (QED) is 0.475. The maximum atomic E-state index is 5.45. The lowest BCUT2D eigenvalue weighted by atomic mass is 10.0. The highest BCUT2D eigenvalue weighted by Crippen LogP contribution is 2.16. The van der Waals surface area contributed by atoms with Crippen LogP contribution in [0.1, 0.15) is 47.5 Å². The van der Waals surface area contributed by atoms with Gasteiger partial charge in [-0.1, -0.05) is 20.3 Å². The lowest BCUT2D eigenvalue weighted by Crippen LogP contribution is -2.27. The monoisotopic (exact) mass is 295 g/mol. The Morgan fingerprint density at radius 1 is 1.05 bits per heavy atom. The minimum atomic E-state index is 0.303. The van der Waals surface area contributed by atoms with Gasteiger partial charge < -0.3 is 10.2 Å². The minimum Gasteiger partial charge on any atom is -0.352 e. The maximum absolute atomic E-state index is 5.45. The van der Waals surface area contributed by atoms with Crippen LogP contribution in [0.3, 0.4) is 0 Å². The van der Waals surface area contributed by atoms with Gasteiger partial charge in [0.1, 0.15) is 0 Å². The molecule has 0 radical (unpaired) electrons. The van der Waals surface area contributed by atoms with E-state index in [1.54, 1.807) is 0 Å². The third kappa shape index (κ3) is 5.34. The van der Waals surface area contributed by atoms with Crippen LogP contribution in [0.2, 0.25) is 0 Å². The number of nitrogens with zero attached hydrogens (tertiary/aromatic N) is 4. The SMILES string of the molecule is CCC(C)CC(C)Nc1nc(NN)nc(N(CC)CC)n1. The molecule has 0 bridgehead atoms. The number of anilines is 3. The highest BCUT2D eigenvalue weighted by atomic mass is 15.4.